The van der Waals surface area contributed by atoms with E-state index in [2.05, 4.69) is 16.8 Å². The molecule has 0 bridgehead atoms. The molecule has 0 unspecified atom stereocenters. The number of hydrogen-bond donors (Lipinski definition) is 1. The van der Waals surface area contributed by atoms with Crippen LogP contribution in [0.4, 0.5) is 0 Å². The first-order valence-electron chi connectivity index (χ1n) is 7.79. The predicted molar refractivity (Wildman–Crippen MR) is 75.4 cm³/mol. The number of likely N-dealkylation sites (tertiary alicyclic amines) is 1. The minimum atomic E-state index is 0.807. The van der Waals surface area contributed by atoms with Crippen LogP contribution in [0.25, 0.3) is 0 Å². The van der Waals surface area contributed by atoms with Crippen molar-refractivity contribution in [1.29, 1.82) is 0 Å². The summed E-state index contributed by atoms with van der Waals surface area (Å²) < 4.78 is 0. The largest absolute Gasteiger partial charge is 0.370 e. The van der Waals surface area contributed by atoms with Gasteiger partial charge in [0.1, 0.15) is 0 Å². The first kappa shape index (κ1) is 12.3. The van der Waals surface area contributed by atoms with Crippen LogP contribution in [-0.2, 0) is 0 Å². The summed E-state index contributed by atoms with van der Waals surface area (Å²) in [5.74, 6) is 4.57. The third-order valence-corrected chi connectivity index (χ3v) is 5.33. The van der Waals surface area contributed by atoms with Gasteiger partial charge in [-0.3, -0.25) is 4.99 Å². The molecule has 1 heterocycles. The van der Waals surface area contributed by atoms with Crippen LogP contribution in [0.5, 0.6) is 0 Å². The third-order valence-electron chi connectivity index (χ3n) is 5.33. The number of hydrogen-bond acceptors (Lipinski definition) is 1. The lowest BCUT2D eigenvalue weighted by Gasteiger charge is -2.31. The number of piperidine rings is 1. The fourth-order valence-corrected chi connectivity index (χ4v) is 3.47. The molecule has 0 aromatic rings. The van der Waals surface area contributed by atoms with Gasteiger partial charge in [-0.1, -0.05) is 26.2 Å². The predicted octanol–water partition coefficient (Wildman–Crippen LogP) is 2.47. The molecule has 2 atom stereocenters. The zero-order valence-corrected chi connectivity index (χ0v) is 11.6. The SMILES string of the molecule is CC1CCN(C(N)=NC[C@@H]2C[C@H]2C2CCC2)CC1. The Kier molecular flexibility index (Phi) is 3.49. The highest BCUT2D eigenvalue weighted by molar-refractivity contribution is 5.78. The Morgan fingerprint density at radius 1 is 1.22 bits per heavy atom. The van der Waals surface area contributed by atoms with Gasteiger partial charge in [0, 0.05) is 19.6 Å². The fourth-order valence-electron chi connectivity index (χ4n) is 3.47. The smallest absolute Gasteiger partial charge is 0.191 e. The quantitative estimate of drug-likeness (QED) is 0.616. The van der Waals surface area contributed by atoms with Crippen LogP contribution in [0.2, 0.25) is 0 Å². The van der Waals surface area contributed by atoms with Crippen LogP contribution in [0, 0.1) is 23.7 Å². The standard InChI is InChI=1S/C15H27N3/c1-11-5-7-18(8-6-11)15(16)17-10-13-9-14(13)12-3-2-4-12/h11-14H,2-10H2,1H3,(H2,16,17)/t13-,14-/m0/s1. The van der Waals surface area contributed by atoms with Crippen molar-refractivity contribution >= 4 is 5.96 Å². The van der Waals surface area contributed by atoms with E-state index in [-0.39, 0.29) is 0 Å². The van der Waals surface area contributed by atoms with E-state index in [1.54, 1.807) is 0 Å². The average Bonchev–Trinajstić information content (AvgIpc) is 3.04. The van der Waals surface area contributed by atoms with Crippen LogP contribution in [0.3, 0.4) is 0 Å². The van der Waals surface area contributed by atoms with Crippen LogP contribution in [-0.4, -0.2) is 30.5 Å². The molecule has 2 N–H and O–H groups in total. The molecule has 1 saturated heterocycles. The van der Waals surface area contributed by atoms with Gasteiger partial charge < -0.3 is 10.6 Å². The van der Waals surface area contributed by atoms with Crippen molar-refractivity contribution in [2.45, 2.75) is 45.4 Å². The molecule has 0 aromatic heterocycles. The second-order valence-corrected chi connectivity index (χ2v) is 6.72. The minimum absolute atomic E-state index is 0.807. The monoisotopic (exact) mass is 249 g/mol. The summed E-state index contributed by atoms with van der Waals surface area (Å²) in [6, 6.07) is 0. The molecule has 0 radical (unpaired) electrons. The van der Waals surface area contributed by atoms with Crippen LogP contribution >= 0.6 is 0 Å². The maximum Gasteiger partial charge on any atom is 0.191 e. The lowest BCUT2D eigenvalue weighted by Crippen LogP contribution is -2.42. The number of nitrogens with two attached hydrogens (primary N) is 1. The molecule has 3 aliphatic rings. The summed E-state index contributed by atoms with van der Waals surface area (Å²) in [7, 11) is 0. The van der Waals surface area contributed by atoms with Crippen molar-refractivity contribution in [3.05, 3.63) is 0 Å². The molecule has 2 aliphatic carbocycles. The van der Waals surface area contributed by atoms with E-state index in [9.17, 15) is 0 Å². The topological polar surface area (TPSA) is 41.6 Å². The Labute approximate surface area is 111 Å². The summed E-state index contributed by atoms with van der Waals surface area (Å²) in [6.45, 7) is 5.53. The lowest BCUT2D eigenvalue weighted by molar-refractivity contribution is 0.265. The van der Waals surface area contributed by atoms with E-state index >= 15 is 0 Å². The first-order valence-corrected chi connectivity index (χ1v) is 7.79. The second kappa shape index (κ2) is 5.10. The highest BCUT2D eigenvalue weighted by atomic mass is 15.3. The number of rotatable bonds is 3. The van der Waals surface area contributed by atoms with Gasteiger partial charge in [-0.25, -0.2) is 0 Å². The Morgan fingerprint density at radius 3 is 2.56 bits per heavy atom. The zero-order chi connectivity index (χ0) is 12.5. The Bertz CT molecular complexity index is 314. The van der Waals surface area contributed by atoms with E-state index in [1.807, 2.05) is 0 Å². The molecule has 0 spiro atoms. The molecular weight excluding hydrogens is 222 g/mol. The molecule has 3 fully saturated rings. The maximum atomic E-state index is 6.11. The van der Waals surface area contributed by atoms with E-state index in [0.29, 0.717) is 0 Å². The van der Waals surface area contributed by atoms with E-state index in [1.165, 1.54) is 38.5 Å². The summed E-state index contributed by atoms with van der Waals surface area (Å²) in [6.07, 6.45) is 8.37. The molecular formula is C15H27N3. The van der Waals surface area contributed by atoms with Gasteiger partial charge in [0.25, 0.3) is 0 Å². The fraction of sp³-hybridized carbons (Fsp3) is 0.933. The van der Waals surface area contributed by atoms with Crippen molar-refractivity contribution in [2.75, 3.05) is 19.6 Å². The summed E-state index contributed by atoms with van der Waals surface area (Å²) in [5, 5.41) is 0. The molecule has 102 valence electrons. The third kappa shape index (κ3) is 2.65. The number of guanidine groups is 1. The van der Waals surface area contributed by atoms with E-state index < -0.39 is 0 Å². The highest BCUT2D eigenvalue weighted by Gasteiger charge is 2.44. The van der Waals surface area contributed by atoms with Crippen molar-refractivity contribution in [1.82, 2.24) is 4.90 Å². The molecule has 0 aromatic carbocycles. The zero-order valence-electron chi connectivity index (χ0n) is 11.6. The molecule has 2 saturated carbocycles. The van der Waals surface area contributed by atoms with Gasteiger partial charge in [0.15, 0.2) is 5.96 Å². The number of nitrogens with zero attached hydrogens (tertiary/aromatic N) is 2. The summed E-state index contributed by atoms with van der Waals surface area (Å²) in [5.41, 5.74) is 6.11. The van der Waals surface area contributed by atoms with Crippen LogP contribution in [0.15, 0.2) is 4.99 Å². The van der Waals surface area contributed by atoms with Crippen molar-refractivity contribution in [3.63, 3.8) is 0 Å². The average molecular weight is 249 g/mol. The second-order valence-electron chi connectivity index (χ2n) is 6.72. The van der Waals surface area contributed by atoms with Gasteiger partial charge in [-0.05, 0) is 42.9 Å². The maximum absolute atomic E-state index is 6.11. The van der Waals surface area contributed by atoms with Gasteiger partial charge in [-0.2, -0.15) is 0 Å². The first-order chi connectivity index (χ1) is 8.74. The number of aliphatic imine (C=N–C) groups is 1. The molecule has 18 heavy (non-hydrogen) atoms. The summed E-state index contributed by atoms with van der Waals surface area (Å²) >= 11 is 0. The van der Waals surface area contributed by atoms with Crippen LogP contribution < -0.4 is 5.73 Å². The van der Waals surface area contributed by atoms with Crippen LogP contribution in [0.1, 0.15) is 45.4 Å². The Morgan fingerprint density at radius 2 is 1.94 bits per heavy atom. The molecule has 3 rings (SSSR count). The van der Waals surface area contributed by atoms with Crippen molar-refractivity contribution in [3.8, 4) is 0 Å². The molecule has 3 nitrogen and oxygen atoms in total. The van der Waals surface area contributed by atoms with E-state index in [0.717, 1.165) is 49.3 Å². The van der Waals surface area contributed by atoms with Crippen molar-refractivity contribution in [2.24, 2.45) is 34.4 Å². The minimum Gasteiger partial charge on any atom is -0.370 e. The van der Waals surface area contributed by atoms with Gasteiger partial charge in [0.2, 0.25) is 0 Å². The summed E-state index contributed by atoms with van der Waals surface area (Å²) in [4.78, 5) is 6.92. The molecule has 0 amide bonds. The normalized spacial score (nSPS) is 34.5. The van der Waals surface area contributed by atoms with E-state index in [4.69, 9.17) is 5.73 Å². The van der Waals surface area contributed by atoms with Gasteiger partial charge in [-0.15, -0.1) is 0 Å². The Balaban J connectivity index is 1.42. The molecule has 3 heteroatoms. The van der Waals surface area contributed by atoms with Crippen molar-refractivity contribution < 1.29 is 0 Å². The lowest BCUT2D eigenvalue weighted by atomic mass is 9.81. The Hall–Kier alpha value is -0.730. The molecule has 1 aliphatic heterocycles. The highest BCUT2D eigenvalue weighted by Crippen LogP contribution is 2.51. The van der Waals surface area contributed by atoms with Gasteiger partial charge in [0.05, 0.1) is 0 Å². The van der Waals surface area contributed by atoms with Gasteiger partial charge >= 0.3 is 0 Å².